The molecule has 0 aliphatic rings. The molecule has 0 bridgehead atoms. The second-order valence-corrected chi connectivity index (χ2v) is 4.17. The average Bonchev–Trinajstić information content (AvgIpc) is 2.27. The van der Waals surface area contributed by atoms with Gasteiger partial charge in [0, 0.05) is 18.4 Å². The van der Waals surface area contributed by atoms with Gasteiger partial charge in [0.1, 0.15) is 11.6 Å². The number of carbonyl (C=O) groups is 2. The zero-order valence-corrected chi connectivity index (χ0v) is 10.5. The minimum absolute atomic E-state index is 0.00666. The molecule has 0 aliphatic carbocycles. The number of halogens is 2. The first-order valence-electron chi connectivity index (χ1n) is 5.87. The van der Waals surface area contributed by atoms with Crippen molar-refractivity contribution < 1.29 is 23.5 Å². The highest BCUT2D eigenvalue weighted by Crippen LogP contribution is 2.20. The fourth-order valence-corrected chi connectivity index (χ4v) is 1.71. The van der Waals surface area contributed by atoms with E-state index in [-0.39, 0.29) is 24.8 Å². The highest BCUT2D eigenvalue weighted by atomic mass is 19.1. The van der Waals surface area contributed by atoms with Crippen molar-refractivity contribution in [2.24, 2.45) is 0 Å². The zero-order valence-electron chi connectivity index (χ0n) is 10.5. The predicted octanol–water partition coefficient (Wildman–Crippen LogP) is 2.40. The Hall–Kier alpha value is -1.98. The second-order valence-electron chi connectivity index (χ2n) is 4.17. The maximum absolute atomic E-state index is 13.4. The van der Waals surface area contributed by atoms with E-state index in [1.807, 2.05) is 0 Å². The van der Waals surface area contributed by atoms with Crippen molar-refractivity contribution >= 4 is 11.9 Å². The summed E-state index contributed by atoms with van der Waals surface area (Å²) in [6.45, 7) is 1.47. The first-order valence-corrected chi connectivity index (χ1v) is 5.87. The summed E-state index contributed by atoms with van der Waals surface area (Å²) < 4.78 is 26.9. The largest absolute Gasteiger partial charge is 0.481 e. The standard InChI is InChI=1S/C13H15F2NO3/c1-8(13-9(14)4-2-5-10(13)15)16-11(17)6-3-7-12(18)19/h2,4-5,8H,3,6-7H2,1H3,(H,16,17)(H,18,19). The van der Waals surface area contributed by atoms with Crippen molar-refractivity contribution in [3.63, 3.8) is 0 Å². The molecule has 1 aromatic rings. The summed E-state index contributed by atoms with van der Waals surface area (Å²) in [5.74, 6) is -2.87. The lowest BCUT2D eigenvalue weighted by Gasteiger charge is -2.15. The van der Waals surface area contributed by atoms with Crippen LogP contribution in [0.25, 0.3) is 0 Å². The molecule has 1 atom stereocenters. The molecule has 1 rings (SSSR count). The third-order valence-electron chi connectivity index (χ3n) is 2.60. The summed E-state index contributed by atoms with van der Waals surface area (Å²) in [5.41, 5.74) is -0.200. The van der Waals surface area contributed by atoms with Gasteiger partial charge in [0.15, 0.2) is 0 Å². The minimum Gasteiger partial charge on any atom is -0.481 e. The van der Waals surface area contributed by atoms with E-state index in [0.717, 1.165) is 12.1 Å². The smallest absolute Gasteiger partial charge is 0.303 e. The second kappa shape index (κ2) is 6.82. The van der Waals surface area contributed by atoms with Crippen LogP contribution in [0.5, 0.6) is 0 Å². The Bertz CT molecular complexity index is 457. The first-order chi connectivity index (χ1) is 8.91. The molecule has 0 fully saturated rings. The van der Waals surface area contributed by atoms with Crippen LogP contribution in [0.2, 0.25) is 0 Å². The molecule has 0 saturated carbocycles. The number of rotatable bonds is 6. The van der Waals surface area contributed by atoms with E-state index in [2.05, 4.69) is 5.32 Å². The number of amides is 1. The predicted molar refractivity (Wildman–Crippen MR) is 64.4 cm³/mol. The molecule has 2 N–H and O–H groups in total. The summed E-state index contributed by atoms with van der Waals surface area (Å²) >= 11 is 0. The monoisotopic (exact) mass is 271 g/mol. The fraction of sp³-hybridized carbons (Fsp3) is 0.385. The molecule has 1 unspecified atom stereocenters. The van der Waals surface area contributed by atoms with E-state index in [4.69, 9.17) is 5.11 Å². The molecular formula is C13H15F2NO3. The van der Waals surface area contributed by atoms with Crippen LogP contribution in [0.15, 0.2) is 18.2 Å². The van der Waals surface area contributed by atoms with Crippen molar-refractivity contribution in [3.8, 4) is 0 Å². The summed E-state index contributed by atoms with van der Waals surface area (Å²) in [4.78, 5) is 21.8. The number of benzene rings is 1. The highest BCUT2D eigenvalue weighted by molar-refractivity contribution is 5.77. The zero-order chi connectivity index (χ0) is 14.4. The number of carboxylic acid groups (broad SMARTS) is 1. The molecular weight excluding hydrogens is 256 g/mol. The Morgan fingerprint density at radius 1 is 1.26 bits per heavy atom. The average molecular weight is 271 g/mol. The summed E-state index contributed by atoms with van der Waals surface area (Å²) in [7, 11) is 0. The molecule has 0 saturated heterocycles. The molecule has 0 spiro atoms. The number of nitrogens with one attached hydrogen (secondary N) is 1. The van der Waals surface area contributed by atoms with Gasteiger partial charge >= 0.3 is 5.97 Å². The van der Waals surface area contributed by atoms with Crippen molar-refractivity contribution in [3.05, 3.63) is 35.4 Å². The molecule has 0 heterocycles. The summed E-state index contributed by atoms with van der Waals surface area (Å²) in [6, 6.07) is 2.67. The van der Waals surface area contributed by atoms with Gasteiger partial charge in [0.2, 0.25) is 5.91 Å². The van der Waals surface area contributed by atoms with Gasteiger partial charge in [-0.15, -0.1) is 0 Å². The van der Waals surface area contributed by atoms with Gasteiger partial charge < -0.3 is 10.4 Å². The third kappa shape index (κ3) is 4.65. The summed E-state index contributed by atoms with van der Waals surface area (Å²) in [5, 5.41) is 10.9. The Balaban J connectivity index is 2.57. The SMILES string of the molecule is CC(NC(=O)CCCC(=O)O)c1c(F)cccc1F. The number of hydrogen-bond donors (Lipinski definition) is 2. The van der Waals surface area contributed by atoms with Crippen LogP contribution in [-0.4, -0.2) is 17.0 Å². The van der Waals surface area contributed by atoms with Crippen molar-refractivity contribution in [2.75, 3.05) is 0 Å². The number of aliphatic carboxylic acids is 1. The number of hydrogen-bond acceptors (Lipinski definition) is 2. The molecule has 4 nitrogen and oxygen atoms in total. The van der Waals surface area contributed by atoms with Gasteiger partial charge in [-0.25, -0.2) is 8.78 Å². The molecule has 0 aromatic heterocycles. The van der Waals surface area contributed by atoms with Gasteiger partial charge in [0.25, 0.3) is 0 Å². The van der Waals surface area contributed by atoms with Crippen LogP contribution in [0.3, 0.4) is 0 Å². The van der Waals surface area contributed by atoms with E-state index < -0.39 is 29.6 Å². The lowest BCUT2D eigenvalue weighted by atomic mass is 10.1. The van der Waals surface area contributed by atoms with Gasteiger partial charge in [-0.3, -0.25) is 9.59 Å². The van der Waals surface area contributed by atoms with Crippen LogP contribution in [0, 0.1) is 11.6 Å². The molecule has 0 aliphatic heterocycles. The Morgan fingerprint density at radius 3 is 2.37 bits per heavy atom. The van der Waals surface area contributed by atoms with E-state index >= 15 is 0 Å². The third-order valence-corrected chi connectivity index (χ3v) is 2.60. The molecule has 104 valence electrons. The molecule has 6 heteroatoms. The molecule has 19 heavy (non-hydrogen) atoms. The van der Waals surface area contributed by atoms with E-state index in [9.17, 15) is 18.4 Å². The number of carbonyl (C=O) groups excluding carboxylic acids is 1. The van der Waals surface area contributed by atoms with E-state index in [0.29, 0.717) is 0 Å². The number of carboxylic acids is 1. The van der Waals surface area contributed by atoms with Gasteiger partial charge in [-0.05, 0) is 25.5 Å². The highest BCUT2D eigenvalue weighted by Gasteiger charge is 2.17. The van der Waals surface area contributed by atoms with Crippen molar-refractivity contribution in [2.45, 2.75) is 32.2 Å². The maximum atomic E-state index is 13.4. The topological polar surface area (TPSA) is 66.4 Å². The quantitative estimate of drug-likeness (QED) is 0.835. The van der Waals surface area contributed by atoms with Gasteiger partial charge in [-0.1, -0.05) is 6.07 Å². The van der Waals surface area contributed by atoms with E-state index in [1.54, 1.807) is 0 Å². The van der Waals surface area contributed by atoms with Crippen LogP contribution in [0.1, 0.15) is 37.8 Å². The van der Waals surface area contributed by atoms with Crippen LogP contribution < -0.4 is 5.32 Å². The minimum atomic E-state index is -0.985. The lowest BCUT2D eigenvalue weighted by molar-refractivity contribution is -0.137. The van der Waals surface area contributed by atoms with Gasteiger partial charge in [-0.2, -0.15) is 0 Å². The fourth-order valence-electron chi connectivity index (χ4n) is 1.71. The maximum Gasteiger partial charge on any atom is 0.303 e. The Kier molecular flexibility index (Phi) is 5.41. The Morgan fingerprint density at radius 2 is 1.84 bits per heavy atom. The first kappa shape index (κ1) is 15.1. The van der Waals surface area contributed by atoms with Crippen molar-refractivity contribution in [1.29, 1.82) is 0 Å². The molecule has 1 amide bonds. The molecule has 0 radical (unpaired) electrons. The Labute approximate surface area is 109 Å². The van der Waals surface area contributed by atoms with Gasteiger partial charge in [0.05, 0.1) is 6.04 Å². The molecule has 1 aromatic carbocycles. The van der Waals surface area contributed by atoms with Crippen LogP contribution >= 0.6 is 0 Å². The summed E-state index contributed by atoms with van der Waals surface area (Å²) in [6.07, 6.45) is 0.0796. The normalized spacial score (nSPS) is 11.9. The lowest BCUT2D eigenvalue weighted by Crippen LogP contribution is -2.27. The van der Waals surface area contributed by atoms with Crippen molar-refractivity contribution in [1.82, 2.24) is 5.32 Å². The van der Waals surface area contributed by atoms with E-state index in [1.165, 1.54) is 13.0 Å². The van der Waals surface area contributed by atoms with Crippen LogP contribution in [0.4, 0.5) is 8.78 Å². The van der Waals surface area contributed by atoms with Crippen LogP contribution in [-0.2, 0) is 9.59 Å².